The zero-order valence-corrected chi connectivity index (χ0v) is 13.6. The first-order chi connectivity index (χ1) is 7.77. The number of halogens is 1. The summed E-state index contributed by atoms with van der Waals surface area (Å²) in [6.07, 6.45) is 0. The van der Waals surface area contributed by atoms with Crippen molar-refractivity contribution in [3.8, 4) is 0 Å². The van der Waals surface area contributed by atoms with Crippen LogP contribution in [0.25, 0.3) is 0 Å². The highest BCUT2D eigenvalue weighted by atomic mass is 127. The Hall–Kier alpha value is -0.340. The van der Waals surface area contributed by atoms with Gasteiger partial charge in [0.2, 0.25) is 0 Å². The third kappa shape index (κ3) is 6.23. The third-order valence-corrected chi connectivity index (χ3v) is 3.23. The van der Waals surface area contributed by atoms with Crippen LogP contribution in [-0.4, -0.2) is 33.3 Å². The number of nitrogens with zero attached hydrogens (tertiary/aromatic N) is 1. The lowest BCUT2D eigenvalue weighted by Gasteiger charge is -2.11. The molecule has 1 aromatic heterocycles. The van der Waals surface area contributed by atoms with Crippen molar-refractivity contribution in [2.24, 2.45) is 4.99 Å². The standard InChI is InChI=1S/C11H19N3OS.HI/c1-9-4-7-16-10(9)8-14-11(12-2)13-5-6-15-3;/h4,7H,5-6,8H2,1-3H3,(H2,12,13,14);1H. The smallest absolute Gasteiger partial charge is 0.191 e. The van der Waals surface area contributed by atoms with Crippen LogP contribution in [0.1, 0.15) is 10.4 Å². The molecular weight excluding hydrogens is 349 g/mol. The molecule has 0 aliphatic heterocycles. The predicted octanol–water partition coefficient (Wildman–Crippen LogP) is 1.99. The van der Waals surface area contributed by atoms with Gasteiger partial charge < -0.3 is 15.4 Å². The van der Waals surface area contributed by atoms with E-state index in [2.05, 4.69) is 34.0 Å². The molecule has 0 saturated heterocycles. The van der Waals surface area contributed by atoms with Crippen molar-refractivity contribution in [2.75, 3.05) is 27.3 Å². The van der Waals surface area contributed by atoms with Gasteiger partial charge in [0.25, 0.3) is 0 Å². The van der Waals surface area contributed by atoms with E-state index in [9.17, 15) is 0 Å². The summed E-state index contributed by atoms with van der Waals surface area (Å²) < 4.78 is 4.96. The van der Waals surface area contributed by atoms with Crippen molar-refractivity contribution < 1.29 is 4.74 Å². The quantitative estimate of drug-likeness (QED) is 0.361. The van der Waals surface area contributed by atoms with Crippen LogP contribution < -0.4 is 10.6 Å². The number of guanidine groups is 1. The van der Waals surface area contributed by atoms with Gasteiger partial charge in [0.15, 0.2) is 5.96 Å². The monoisotopic (exact) mass is 369 g/mol. The summed E-state index contributed by atoms with van der Waals surface area (Å²) >= 11 is 1.76. The lowest BCUT2D eigenvalue weighted by Crippen LogP contribution is -2.38. The van der Waals surface area contributed by atoms with Crippen LogP contribution in [-0.2, 0) is 11.3 Å². The Balaban J connectivity index is 0.00000256. The topological polar surface area (TPSA) is 45.7 Å². The van der Waals surface area contributed by atoms with Gasteiger partial charge in [-0.2, -0.15) is 0 Å². The van der Waals surface area contributed by atoms with Gasteiger partial charge in [-0.15, -0.1) is 35.3 Å². The predicted molar refractivity (Wildman–Crippen MR) is 84.5 cm³/mol. The van der Waals surface area contributed by atoms with Crippen LogP contribution in [0.4, 0.5) is 0 Å². The molecule has 1 heterocycles. The Morgan fingerprint density at radius 3 is 2.76 bits per heavy atom. The zero-order valence-electron chi connectivity index (χ0n) is 10.4. The molecule has 0 aliphatic rings. The highest BCUT2D eigenvalue weighted by Gasteiger charge is 2.01. The minimum Gasteiger partial charge on any atom is -0.383 e. The Labute approximate surface area is 124 Å². The Bertz CT molecular complexity index is 341. The Kier molecular flexibility index (Phi) is 9.47. The molecule has 2 N–H and O–H groups in total. The highest BCUT2D eigenvalue weighted by molar-refractivity contribution is 14.0. The van der Waals surface area contributed by atoms with Crippen molar-refractivity contribution in [3.05, 3.63) is 21.9 Å². The number of ether oxygens (including phenoxy) is 1. The van der Waals surface area contributed by atoms with E-state index in [4.69, 9.17) is 4.74 Å². The van der Waals surface area contributed by atoms with Gasteiger partial charge in [-0.3, -0.25) is 4.99 Å². The fraction of sp³-hybridized carbons (Fsp3) is 0.545. The molecule has 4 nitrogen and oxygen atoms in total. The lowest BCUT2D eigenvalue weighted by molar-refractivity contribution is 0.203. The number of thiophene rings is 1. The maximum absolute atomic E-state index is 4.96. The molecule has 0 aliphatic carbocycles. The number of methoxy groups -OCH3 is 1. The average Bonchev–Trinajstić information content (AvgIpc) is 2.69. The van der Waals surface area contributed by atoms with E-state index >= 15 is 0 Å². The van der Waals surface area contributed by atoms with Crippen molar-refractivity contribution in [1.29, 1.82) is 0 Å². The van der Waals surface area contributed by atoms with Crippen LogP contribution in [0.2, 0.25) is 0 Å². The van der Waals surface area contributed by atoms with Crippen LogP contribution in [0.5, 0.6) is 0 Å². The van der Waals surface area contributed by atoms with Crippen molar-refractivity contribution >= 4 is 41.3 Å². The minimum atomic E-state index is 0. The summed E-state index contributed by atoms with van der Waals surface area (Å²) in [4.78, 5) is 5.47. The molecule has 0 bridgehead atoms. The number of hydrogen-bond acceptors (Lipinski definition) is 3. The van der Waals surface area contributed by atoms with Crippen LogP contribution >= 0.6 is 35.3 Å². The highest BCUT2D eigenvalue weighted by Crippen LogP contribution is 2.14. The van der Waals surface area contributed by atoms with E-state index < -0.39 is 0 Å². The second kappa shape index (κ2) is 9.67. The van der Waals surface area contributed by atoms with Crippen LogP contribution in [0.3, 0.4) is 0 Å². The SMILES string of the molecule is CN=C(NCCOC)NCc1sccc1C.I. The molecule has 0 fully saturated rings. The van der Waals surface area contributed by atoms with Gasteiger partial charge in [-0.05, 0) is 23.9 Å². The minimum absolute atomic E-state index is 0. The van der Waals surface area contributed by atoms with Gasteiger partial charge in [0, 0.05) is 25.6 Å². The second-order valence-corrected chi connectivity index (χ2v) is 4.37. The molecule has 1 aromatic rings. The van der Waals surface area contributed by atoms with Crippen molar-refractivity contribution in [3.63, 3.8) is 0 Å². The number of aryl methyl sites for hydroxylation is 1. The van der Waals surface area contributed by atoms with E-state index in [1.54, 1.807) is 25.5 Å². The van der Waals surface area contributed by atoms with Crippen molar-refractivity contribution in [1.82, 2.24) is 10.6 Å². The molecular formula is C11H20IN3OS. The van der Waals surface area contributed by atoms with Gasteiger partial charge in [-0.25, -0.2) is 0 Å². The molecule has 0 atom stereocenters. The first-order valence-electron chi connectivity index (χ1n) is 5.24. The molecule has 17 heavy (non-hydrogen) atoms. The molecule has 0 amide bonds. The molecule has 0 aromatic carbocycles. The normalized spacial score (nSPS) is 10.9. The Morgan fingerprint density at radius 1 is 1.47 bits per heavy atom. The van der Waals surface area contributed by atoms with Gasteiger partial charge >= 0.3 is 0 Å². The maximum Gasteiger partial charge on any atom is 0.191 e. The van der Waals surface area contributed by atoms with Crippen LogP contribution in [0.15, 0.2) is 16.4 Å². The Morgan fingerprint density at radius 2 is 2.24 bits per heavy atom. The molecule has 1 rings (SSSR count). The number of hydrogen-bond donors (Lipinski definition) is 2. The largest absolute Gasteiger partial charge is 0.383 e. The molecule has 0 saturated carbocycles. The molecule has 98 valence electrons. The van der Waals surface area contributed by atoms with Gasteiger partial charge in [0.05, 0.1) is 13.2 Å². The summed E-state index contributed by atoms with van der Waals surface area (Å²) in [7, 11) is 3.45. The maximum atomic E-state index is 4.96. The summed E-state index contributed by atoms with van der Waals surface area (Å²) in [5, 5.41) is 8.54. The average molecular weight is 369 g/mol. The molecule has 0 spiro atoms. The third-order valence-electron chi connectivity index (χ3n) is 2.21. The van der Waals surface area contributed by atoms with E-state index in [0.29, 0.717) is 6.61 Å². The van der Waals surface area contributed by atoms with Gasteiger partial charge in [0.1, 0.15) is 0 Å². The zero-order chi connectivity index (χ0) is 11.8. The number of nitrogens with one attached hydrogen (secondary N) is 2. The van der Waals surface area contributed by atoms with E-state index in [1.165, 1.54) is 10.4 Å². The first-order valence-corrected chi connectivity index (χ1v) is 6.12. The number of aliphatic imine (C=N–C) groups is 1. The fourth-order valence-corrected chi connectivity index (χ4v) is 2.09. The van der Waals surface area contributed by atoms with E-state index in [-0.39, 0.29) is 24.0 Å². The summed E-state index contributed by atoms with van der Waals surface area (Å²) in [6, 6.07) is 2.13. The second-order valence-electron chi connectivity index (χ2n) is 3.37. The summed E-state index contributed by atoms with van der Waals surface area (Å²) in [5.41, 5.74) is 1.32. The summed E-state index contributed by atoms with van der Waals surface area (Å²) in [6.45, 7) is 4.38. The molecule has 0 unspecified atom stereocenters. The first kappa shape index (κ1) is 16.7. The van der Waals surface area contributed by atoms with Crippen molar-refractivity contribution in [2.45, 2.75) is 13.5 Å². The van der Waals surface area contributed by atoms with Crippen LogP contribution in [0, 0.1) is 6.92 Å². The lowest BCUT2D eigenvalue weighted by atomic mass is 10.3. The molecule has 0 radical (unpaired) electrons. The van der Waals surface area contributed by atoms with E-state index in [1.807, 2.05) is 0 Å². The fourth-order valence-electron chi connectivity index (χ4n) is 1.24. The summed E-state index contributed by atoms with van der Waals surface area (Å²) in [5.74, 6) is 0.810. The number of rotatable bonds is 5. The van der Waals surface area contributed by atoms with Gasteiger partial charge in [-0.1, -0.05) is 0 Å². The molecule has 6 heteroatoms. The van der Waals surface area contributed by atoms with E-state index in [0.717, 1.165) is 19.0 Å².